The van der Waals surface area contributed by atoms with Crippen molar-refractivity contribution in [3.05, 3.63) is 25.4 Å². The molecule has 0 bridgehead atoms. The number of halogens is 1. The van der Waals surface area contributed by atoms with Crippen LogP contribution in [0.5, 0.6) is 0 Å². The average molecular weight is 320 g/mol. The van der Waals surface area contributed by atoms with Crippen LogP contribution in [0.2, 0.25) is 0 Å². The summed E-state index contributed by atoms with van der Waals surface area (Å²) >= 11 is 2.08. The Morgan fingerprint density at radius 1 is 1.60 bits per heavy atom. The van der Waals surface area contributed by atoms with Gasteiger partial charge < -0.3 is 9.72 Å². The van der Waals surface area contributed by atoms with E-state index in [9.17, 15) is 4.79 Å². The van der Waals surface area contributed by atoms with Crippen LogP contribution in [0.3, 0.4) is 0 Å². The smallest absolute Gasteiger partial charge is 0.264 e. The Bertz CT molecular complexity index is 412. The molecule has 1 aliphatic rings. The van der Waals surface area contributed by atoms with Crippen LogP contribution in [-0.4, -0.2) is 23.7 Å². The fraction of sp³-hybridized carbons (Fsp3) is 0.600. The van der Waals surface area contributed by atoms with Gasteiger partial charge in [-0.1, -0.05) is 0 Å². The van der Waals surface area contributed by atoms with Crippen LogP contribution in [0.25, 0.3) is 0 Å². The number of nitrogens with one attached hydrogen (secondary N) is 1. The van der Waals surface area contributed by atoms with Crippen molar-refractivity contribution in [2.45, 2.75) is 25.2 Å². The number of H-pyrrole nitrogens is 1. The van der Waals surface area contributed by atoms with Gasteiger partial charge >= 0.3 is 0 Å². The fourth-order valence-corrected chi connectivity index (χ4v) is 2.16. The van der Waals surface area contributed by atoms with Crippen molar-refractivity contribution in [3.8, 4) is 0 Å². The molecular weight excluding hydrogens is 307 g/mol. The highest BCUT2D eigenvalue weighted by atomic mass is 127. The van der Waals surface area contributed by atoms with E-state index in [4.69, 9.17) is 4.74 Å². The number of hydrogen-bond donors (Lipinski definition) is 1. The molecule has 1 fully saturated rings. The minimum Gasteiger partial charge on any atom is -0.384 e. The maximum atomic E-state index is 11.6. The van der Waals surface area contributed by atoms with E-state index in [0.29, 0.717) is 18.9 Å². The van der Waals surface area contributed by atoms with Gasteiger partial charge in [-0.25, -0.2) is 4.98 Å². The molecule has 1 N–H and O–H groups in total. The van der Waals surface area contributed by atoms with E-state index in [1.807, 2.05) is 0 Å². The van der Waals surface area contributed by atoms with Gasteiger partial charge in [0.25, 0.3) is 5.56 Å². The van der Waals surface area contributed by atoms with Crippen LogP contribution in [0, 0.1) is 3.57 Å². The van der Waals surface area contributed by atoms with E-state index in [-0.39, 0.29) is 5.56 Å². The van der Waals surface area contributed by atoms with Crippen molar-refractivity contribution < 1.29 is 4.74 Å². The molecule has 15 heavy (non-hydrogen) atoms. The molecule has 0 saturated heterocycles. The minimum atomic E-state index is -0.0152. The van der Waals surface area contributed by atoms with E-state index in [1.165, 1.54) is 0 Å². The molecule has 5 heteroatoms. The first kappa shape index (κ1) is 11.1. The largest absolute Gasteiger partial charge is 0.384 e. The van der Waals surface area contributed by atoms with E-state index >= 15 is 0 Å². The molecule has 0 atom stereocenters. The predicted molar refractivity (Wildman–Crippen MR) is 65.1 cm³/mol. The van der Waals surface area contributed by atoms with Gasteiger partial charge in [-0.2, -0.15) is 0 Å². The number of methoxy groups -OCH3 is 1. The minimum absolute atomic E-state index is 0.0152. The van der Waals surface area contributed by atoms with Gasteiger partial charge in [-0.05, 0) is 35.4 Å². The molecule has 1 heterocycles. The van der Waals surface area contributed by atoms with Crippen LogP contribution in [0.15, 0.2) is 4.79 Å². The van der Waals surface area contributed by atoms with E-state index in [0.717, 1.165) is 27.9 Å². The maximum Gasteiger partial charge on any atom is 0.264 e. The van der Waals surface area contributed by atoms with Crippen molar-refractivity contribution in [3.63, 3.8) is 0 Å². The zero-order valence-electron chi connectivity index (χ0n) is 8.55. The average Bonchev–Trinajstić information content (AvgIpc) is 3.03. The maximum absolute atomic E-state index is 11.6. The van der Waals surface area contributed by atoms with Crippen LogP contribution in [0.1, 0.15) is 30.3 Å². The summed E-state index contributed by atoms with van der Waals surface area (Å²) in [7, 11) is 1.65. The molecule has 1 aliphatic carbocycles. The van der Waals surface area contributed by atoms with Crippen molar-refractivity contribution in [2.75, 3.05) is 13.7 Å². The quantitative estimate of drug-likeness (QED) is 0.854. The number of rotatable bonds is 4. The molecule has 1 aromatic heterocycles. The first-order valence-electron chi connectivity index (χ1n) is 5.00. The highest BCUT2D eigenvalue weighted by molar-refractivity contribution is 14.1. The molecular formula is C10H13IN2O2. The van der Waals surface area contributed by atoms with Gasteiger partial charge in [-0.3, -0.25) is 4.79 Å². The van der Waals surface area contributed by atoms with Crippen molar-refractivity contribution >= 4 is 22.6 Å². The topological polar surface area (TPSA) is 55.0 Å². The van der Waals surface area contributed by atoms with Crippen molar-refractivity contribution in [2.24, 2.45) is 0 Å². The summed E-state index contributed by atoms with van der Waals surface area (Å²) in [5.41, 5.74) is 0.962. The summed E-state index contributed by atoms with van der Waals surface area (Å²) in [6.45, 7) is 0.591. The fourth-order valence-electron chi connectivity index (χ4n) is 1.47. The predicted octanol–water partition coefficient (Wildman–Crippen LogP) is 1.44. The molecule has 82 valence electrons. The lowest BCUT2D eigenvalue weighted by atomic mass is 10.2. The molecule has 4 nitrogen and oxygen atoms in total. The Kier molecular flexibility index (Phi) is 3.40. The Morgan fingerprint density at radius 3 is 2.93 bits per heavy atom. The SMILES string of the molecule is COCCc1nc(C2CC2)c(I)c(=O)[nH]1. The van der Waals surface area contributed by atoms with Crippen LogP contribution < -0.4 is 5.56 Å². The number of nitrogens with zero attached hydrogens (tertiary/aromatic N) is 1. The number of aromatic amines is 1. The molecule has 0 amide bonds. The Morgan fingerprint density at radius 2 is 2.33 bits per heavy atom. The van der Waals surface area contributed by atoms with E-state index < -0.39 is 0 Å². The zero-order valence-corrected chi connectivity index (χ0v) is 10.7. The van der Waals surface area contributed by atoms with Crippen LogP contribution >= 0.6 is 22.6 Å². The highest BCUT2D eigenvalue weighted by Gasteiger charge is 2.28. The summed E-state index contributed by atoms with van der Waals surface area (Å²) in [5, 5.41) is 0. The van der Waals surface area contributed by atoms with E-state index in [1.54, 1.807) is 7.11 Å². The monoisotopic (exact) mass is 320 g/mol. The van der Waals surface area contributed by atoms with Crippen LogP contribution in [0.4, 0.5) is 0 Å². The molecule has 0 aromatic carbocycles. The molecule has 0 unspecified atom stereocenters. The Balaban J connectivity index is 2.29. The summed E-state index contributed by atoms with van der Waals surface area (Å²) in [6.07, 6.45) is 2.99. The van der Waals surface area contributed by atoms with Crippen molar-refractivity contribution in [1.29, 1.82) is 0 Å². The third kappa shape index (κ3) is 2.57. The van der Waals surface area contributed by atoms with Gasteiger partial charge in [0.2, 0.25) is 0 Å². The van der Waals surface area contributed by atoms with Gasteiger partial charge in [0.05, 0.1) is 15.9 Å². The first-order chi connectivity index (χ1) is 7.22. The highest BCUT2D eigenvalue weighted by Crippen LogP contribution is 2.40. The van der Waals surface area contributed by atoms with Gasteiger partial charge in [-0.15, -0.1) is 0 Å². The lowest BCUT2D eigenvalue weighted by Gasteiger charge is -2.05. The third-order valence-electron chi connectivity index (χ3n) is 2.44. The second-order valence-corrected chi connectivity index (χ2v) is 4.81. The second-order valence-electron chi connectivity index (χ2n) is 3.73. The van der Waals surface area contributed by atoms with Gasteiger partial charge in [0.1, 0.15) is 5.82 Å². The molecule has 0 aliphatic heterocycles. The molecule has 1 aromatic rings. The second kappa shape index (κ2) is 4.61. The normalized spacial score (nSPS) is 15.6. The van der Waals surface area contributed by atoms with Gasteiger partial charge in [0, 0.05) is 19.4 Å². The molecule has 0 radical (unpaired) electrons. The summed E-state index contributed by atoms with van der Waals surface area (Å²) < 4.78 is 5.71. The first-order valence-corrected chi connectivity index (χ1v) is 6.07. The van der Waals surface area contributed by atoms with Crippen LogP contribution in [-0.2, 0) is 11.2 Å². The van der Waals surface area contributed by atoms with Gasteiger partial charge in [0.15, 0.2) is 0 Å². The lowest BCUT2D eigenvalue weighted by Crippen LogP contribution is -2.18. The molecule has 2 rings (SSSR count). The summed E-state index contributed by atoms with van der Waals surface area (Å²) in [5.74, 6) is 1.25. The standard InChI is InChI=1S/C10H13IN2O2/c1-15-5-4-7-12-9(6-2-3-6)8(11)10(14)13-7/h6H,2-5H2,1H3,(H,12,13,14). The summed E-state index contributed by atoms with van der Waals surface area (Å²) in [6, 6.07) is 0. The number of ether oxygens (including phenoxy) is 1. The Labute approximate surface area is 102 Å². The zero-order chi connectivity index (χ0) is 10.8. The van der Waals surface area contributed by atoms with Crippen molar-refractivity contribution in [1.82, 2.24) is 9.97 Å². The third-order valence-corrected chi connectivity index (χ3v) is 3.49. The number of aromatic nitrogens is 2. The number of hydrogen-bond acceptors (Lipinski definition) is 3. The lowest BCUT2D eigenvalue weighted by molar-refractivity contribution is 0.200. The van der Waals surface area contributed by atoms with E-state index in [2.05, 4.69) is 32.6 Å². The molecule has 1 saturated carbocycles. The molecule has 0 spiro atoms. The summed E-state index contributed by atoms with van der Waals surface area (Å²) in [4.78, 5) is 18.9. The Hall–Kier alpha value is -0.430.